The SMILES string of the molecule is CCCN(CC(=O)O)CC(=O)Nc1ccc2nc(C(F)(F)F)[nH]c2c1. The predicted octanol–water partition coefficient (Wildman–Crippen LogP) is 2.32. The minimum Gasteiger partial charge on any atom is -0.480 e. The number of H-pyrrole nitrogens is 1. The van der Waals surface area contributed by atoms with E-state index in [2.05, 4.69) is 15.3 Å². The summed E-state index contributed by atoms with van der Waals surface area (Å²) in [5.74, 6) is -2.61. The van der Waals surface area contributed by atoms with Gasteiger partial charge in [0.2, 0.25) is 11.7 Å². The van der Waals surface area contributed by atoms with Gasteiger partial charge >= 0.3 is 12.1 Å². The van der Waals surface area contributed by atoms with Crippen LogP contribution in [0, 0.1) is 0 Å². The third kappa shape index (κ3) is 5.18. The number of carbonyl (C=O) groups excluding carboxylic acids is 1. The Morgan fingerprint density at radius 2 is 2.04 bits per heavy atom. The minimum atomic E-state index is -4.58. The molecule has 0 atom stereocenters. The number of fused-ring (bicyclic) bond motifs is 1. The van der Waals surface area contributed by atoms with E-state index in [4.69, 9.17) is 5.11 Å². The number of amides is 1. The molecule has 2 rings (SSSR count). The van der Waals surface area contributed by atoms with Gasteiger partial charge in [0.25, 0.3) is 0 Å². The second-order valence-corrected chi connectivity index (χ2v) is 5.47. The molecule has 0 saturated carbocycles. The van der Waals surface area contributed by atoms with E-state index in [1.165, 1.54) is 23.1 Å². The molecule has 136 valence electrons. The smallest absolute Gasteiger partial charge is 0.449 e. The highest BCUT2D eigenvalue weighted by atomic mass is 19.4. The average Bonchev–Trinajstić information content (AvgIpc) is 2.90. The first-order valence-corrected chi connectivity index (χ1v) is 7.50. The zero-order chi connectivity index (χ0) is 18.6. The standard InChI is InChI=1S/C15H17F3N4O3/c1-2-5-22(8-13(24)25)7-12(23)19-9-3-4-10-11(6-9)21-14(20-10)15(16,17)18/h3-4,6H,2,5,7-8H2,1H3,(H,19,23)(H,20,21)(H,24,25). The van der Waals surface area contributed by atoms with Crippen LogP contribution in [0.3, 0.4) is 0 Å². The summed E-state index contributed by atoms with van der Waals surface area (Å²) in [5.41, 5.74) is 0.562. The number of alkyl halides is 3. The number of hydrogen-bond acceptors (Lipinski definition) is 4. The van der Waals surface area contributed by atoms with Crippen LogP contribution in [-0.4, -0.2) is 51.5 Å². The molecule has 0 bridgehead atoms. The second-order valence-electron chi connectivity index (χ2n) is 5.47. The lowest BCUT2D eigenvalue weighted by Gasteiger charge is -2.18. The van der Waals surface area contributed by atoms with E-state index in [0.29, 0.717) is 18.7 Å². The topological polar surface area (TPSA) is 98.3 Å². The molecular formula is C15H17F3N4O3. The Hall–Kier alpha value is -2.62. The van der Waals surface area contributed by atoms with Crippen LogP contribution >= 0.6 is 0 Å². The van der Waals surface area contributed by atoms with E-state index in [0.717, 1.165) is 0 Å². The molecule has 1 heterocycles. The number of aromatic nitrogens is 2. The highest BCUT2D eigenvalue weighted by molar-refractivity contribution is 5.94. The molecule has 0 unspecified atom stereocenters. The van der Waals surface area contributed by atoms with Gasteiger partial charge in [-0.25, -0.2) is 4.98 Å². The molecule has 3 N–H and O–H groups in total. The number of aliphatic carboxylic acids is 1. The zero-order valence-corrected chi connectivity index (χ0v) is 13.4. The van der Waals surface area contributed by atoms with Crippen molar-refractivity contribution >= 4 is 28.6 Å². The summed E-state index contributed by atoms with van der Waals surface area (Å²) < 4.78 is 37.9. The summed E-state index contributed by atoms with van der Waals surface area (Å²) in [6, 6.07) is 4.14. The lowest BCUT2D eigenvalue weighted by molar-refractivity contribution is -0.144. The maximum Gasteiger partial charge on any atom is 0.449 e. The average molecular weight is 358 g/mol. The van der Waals surface area contributed by atoms with E-state index < -0.39 is 23.9 Å². The number of aromatic amines is 1. The number of rotatable bonds is 7. The lowest BCUT2D eigenvalue weighted by atomic mass is 10.2. The number of carboxylic acid groups (broad SMARTS) is 1. The molecule has 7 nitrogen and oxygen atoms in total. The Balaban J connectivity index is 2.08. The molecular weight excluding hydrogens is 341 g/mol. The third-order valence-corrected chi connectivity index (χ3v) is 3.30. The number of hydrogen-bond donors (Lipinski definition) is 3. The van der Waals surface area contributed by atoms with Crippen molar-refractivity contribution in [3.63, 3.8) is 0 Å². The molecule has 2 aromatic rings. The first kappa shape index (κ1) is 18.7. The van der Waals surface area contributed by atoms with Crippen molar-refractivity contribution < 1.29 is 27.9 Å². The fourth-order valence-corrected chi connectivity index (χ4v) is 2.35. The fourth-order valence-electron chi connectivity index (χ4n) is 2.35. The van der Waals surface area contributed by atoms with Crippen molar-refractivity contribution in [3.8, 4) is 0 Å². The van der Waals surface area contributed by atoms with Crippen LogP contribution in [0.2, 0.25) is 0 Å². The number of nitrogens with zero attached hydrogens (tertiary/aromatic N) is 2. The largest absolute Gasteiger partial charge is 0.480 e. The Kier molecular flexibility index (Phi) is 5.62. The Labute approximate surface area is 140 Å². The number of carbonyl (C=O) groups is 2. The summed E-state index contributed by atoms with van der Waals surface area (Å²) in [4.78, 5) is 29.9. The van der Waals surface area contributed by atoms with Gasteiger partial charge in [0, 0.05) is 5.69 Å². The highest BCUT2D eigenvalue weighted by Crippen LogP contribution is 2.29. The first-order valence-electron chi connectivity index (χ1n) is 7.50. The zero-order valence-electron chi connectivity index (χ0n) is 13.4. The number of anilines is 1. The van der Waals surface area contributed by atoms with Gasteiger partial charge in [0.15, 0.2) is 0 Å². The van der Waals surface area contributed by atoms with Gasteiger partial charge in [-0.2, -0.15) is 13.2 Å². The van der Waals surface area contributed by atoms with Crippen LogP contribution in [0.5, 0.6) is 0 Å². The van der Waals surface area contributed by atoms with Gasteiger partial charge in [-0.15, -0.1) is 0 Å². The monoisotopic (exact) mass is 358 g/mol. The maximum absolute atomic E-state index is 12.6. The van der Waals surface area contributed by atoms with Gasteiger partial charge in [-0.3, -0.25) is 14.5 Å². The van der Waals surface area contributed by atoms with Crippen LogP contribution < -0.4 is 5.32 Å². The number of nitrogens with one attached hydrogen (secondary N) is 2. The van der Waals surface area contributed by atoms with Gasteiger partial charge in [0.05, 0.1) is 24.1 Å². The van der Waals surface area contributed by atoms with Gasteiger partial charge in [0.1, 0.15) is 0 Å². The van der Waals surface area contributed by atoms with Crippen LogP contribution in [0.15, 0.2) is 18.2 Å². The van der Waals surface area contributed by atoms with Crippen molar-refractivity contribution in [1.29, 1.82) is 0 Å². The summed E-state index contributed by atoms with van der Waals surface area (Å²) >= 11 is 0. The molecule has 10 heteroatoms. The van der Waals surface area contributed by atoms with E-state index in [1.54, 1.807) is 0 Å². The summed E-state index contributed by atoms with van der Waals surface area (Å²) in [7, 11) is 0. The Bertz CT molecular complexity index is 773. The molecule has 25 heavy (non-hydrogen) atoms. The van der Waals surface area contributed by atoms with Crippen molar-refractivity contribution in [2.24, 2.45) is 0 Å². The third-order valence-electron chi connectivity index (χ3n) is 3.30. The maximum atomic E-state index is 12.6. The molecule has 0 radical (unpaired) electrons. The van der Waals surface area contributed by atoms with E-state index >= 15 is 0 Å². The van der Waals surface area contributed by atoms with E-state index in [9.17, 15) is 22.8 Å². The molecule has 1 amide bonds. The number of halogens is 3. The van der Waals surface area contributed by atoms with Crippen LogP contribution in [0.4, 0.5) is 18.9 Å². The van der Waals surface area contributed by atoms with Crippen LogP contribution in [0.1, 0.15) is 19.2 Å². The van der Waals surface area contributed by atoms with E-state index in [1.807, 2.05) is 6.92 Å². The molecule has 0 spiro atoms. The second kappa shape index (κ2) is 7.51. The van der Waals surface area contributed by atoms with Gasteiger partial charge in [-0.1, -0.05) is 6.92 Å². The van der Waals surface area contributed by atoms with Crippen molar-refractivity contribution in [3.05, 3.63) is 24.0 Å². The molecule has 1 aromatic carbocycles. The van der Waals surface area contributed by atoms with Crippen molar-refractivity contribution in [2.45, 2.75) is 19.5 Å². The molecule has 0 aliphatic heterocycles. The molecule has 0 aliphatic rings. The normalized spacial score (nSPS) is 11.9. The number of imidazole rings is 1. The summed E-state index contributed by atoms with van der Waals surface area (Å²) in [5, 5.41) is 11.4. The number of benzene rings is 1. The first-order chi connectivity index (χ1) is 11.7. The van der Waals surface area contributed by atoms with Crippen LogP contribution in [0.25, 0.3) is 11.0 Å². The molecule has 0 aliphatic carbocycles. The summed E-state index contributed by atoms with van der Waals surface area (Å²) in [6.45, 7) is 1.90. The minimum absolute atomic E-state index is 0.129. The fraction of sp³-hybridized carbons (Fsp3) is 0.400. The van der Waals surface area contributed by atoms with Gasteiger partial charge < -0.3 is 15.4 Å². The van der Waals surface area contributed by atoms with Crippen molar-refractivity contribution in [2.75, 3.05) is 25.0 Å². The Morgan fingerprint density at radius 3 is 2.64 bits per heavy atom. The highest BCUT2D eigenvalue weighted by Gasteiger charge is 2.34. The lowest BCUT2D eigenvalue weighted by Crippen LogP contribution is -2.37. The molecule has 1 aromatic heterocycles. The summed E-state index contributed by atoms with van der Waals surface area (Å²) in [6.07, 6.45) is -3.90. The molecule has 0 fully saturated rings. The Morgan fingerprint density at radius 1 is 1.32 bits per heavy atom. The van der Waals surface area contributed by atoms with Gasteiger partial charge in [-0.05, 0) is 31.2 Å². The quantitative estimate of drug-likeness (QED) is 0.706. The number of carboxylic acids is 1. The molecule has 0 saturated heterocycles. The van der Waals surface area contributed by atoms with Crippen molar-refractivity contribution in [1.82, 2.24) is 14.9 Å². The van der Waals surface area contributed by atoms with Crippen LogP contribution in [-0.2, 0) is 15.8 Å². The van der Waals surface area contributed by atoms with E-state index in [-0.39, 0.29) is 24.1 Å². The predicted molar refractivity (Wildman–Crippen MR) is 84.1 cm³/mol.